The Morgan fingerprint density at radius 1 is 1.31 bits per heavy atom. The third-order valence-corrected chi connectivity index (χ3v) is 4.36. The van der Waals surface area contributed by atoms with Gasteiger partial charge in [-0.1, -0.05) is 15.9 Å². The maximum atomic E-state index is 10.7. The van der Waals surface area contributed by atoms with Gasteiger partial charge in [0.25, 0.3) is 0 Å². The zero-order chi connectivity index (χ0) is 19.2. The molecular formula is C19H26BrN3O3. The van der Waals surface area contributed by atoms with E-state index in [9.17, 15) is 5.11 Å². The smallest absolute Gasteiger partial charge is 0.191 e. The van der Waals surface area contributed by atoms with Crippen molar-refractivity contribution in [2.24, 2.45) is 4.99 Å². The number of guanidine groups is 1. The van der Waals surface area contributed by atoms with E-state index in [0.29, 0.717) is 24.8 Å². The summed E-state index contributed by atoms with van der Waals surface area (Å²) in [4.78, 5) is 4.59. The van der Waals surface area contributed by atoms with Crippen molar-refractivity contribution in [1.82, 2.24) is 10.6 Å². The third kappa shape index (κ3) is 5.51. The van der Waals surface area contributed by atoms with Gasteiger partial charge in [-0.15, -0.1) is 0 Å². The van der Waals surface area contributed by atoms with Gasteiger partial charge in [-0.25, -0.2) is 4.99 Å². The number of furan rings is 1. The molecule has 0 aliphatic rings. The summed E-state index contributed by atoms with van der Waals surface area (Å²) in [7, 11) is 1.64. The summed E-state index contributed by atoms with van der Waals surface area (Å²) >= 11 is 3.47. The van der Waals surface area contributed by atoms with Gasteiger partial charge in [0.15, 0.2) is 5.96 Å². The molecule has 142 valence electrons. The van der Waals surface area contributed by atoms with Crippen LogP contribution < -0.4 is 15.4 Å². The molecule has 26 heavy (non-hydrogen) atoms. The molecule has 0 amide bonds. The van der Waals surface area contributed by atoms with Crippen LogP contribution in [0.2, 0.25) is 0 Å². The van der Waals surface area contributed by atoms with Crippen molar-refractivity contribution < 1.29 is 14.3 Å². The summed E-state index contributed by atoms with van der Waals surface area (Å²) in [6.07, 6.45) is 0. The van der Waals surface area contributed by atoms with Gasteiger partial charge in [0.1, 0.15) is 22.9 Å². The first-order valence-corrected chi connectivity index (χ1v) is 9.29. The van der Waals surface area contributed by atoms with Crippen molar-refractivity contribution in [3.05, 3.63) is 51.9 Å². The maximum Gasteiger partial charge on any atom is 0.191 e. The number of aliphatic hydroxyl groups is 1. The molecule has 7 heteroatoms. The lowest BCUT2D eigenvalue weighted by atomic mass is 10.0. The SMILES string of the molecule is CCNC(=NCc1cc(Br)ccc1OC)NCC(C)(O)c1ccc(C)o1. The van der Waals surface area contributed by atoms with Crippen LogP contribution in [0.25, 0.3) is 0 Å². The van der Waals surface area contributed by atoms with E-state index in [1.54, 1.807) is 20.1 Å². The number of nitrogens with one attached hydrogen (secondary N) is 2. The molecule has 6 nitrogen and oxygen atoms in total. The molecule has 0 saturated heterocycles. The van der Waals surface area contributed by atoms with Crippen LogP contribution in [0, 0.1) is 6.92 Å². The number of hydrogen-bond acceptors (Lipinski definition) is 4. The van der Waals surface area contributed by atoms with Crippen molar-refractivity contribution in [2.75, 3.05) is 20.2 Å². The molecular weight excluding hydrogens is 398 g/mol. The number of nitrogens with zero attached hydrogens (tertiary/aromatic N) is 1. The van der Waals surface area contributed by atoms with E-state index in [4.69, 9.17) is 9.15 Å². The molecule has 2 rings (SSSR count). The highest BCUT2D eigenvalue weighted by atomic mass is 79.9. The fourth-order valence-corrected chi connectivity index (χ4v) is 2.85. The molecule has 0 radical (unpaired) electrons. The number of benzene rings is 1. The van der Waals surface area contributed by atoms with E-state index in [0.717, 1.165) is 21.5 Å². The molecule has 1 unspecified atom stereocenters. The van der Waals surface area contributed by atoms with Crippen LogP contribution in [0.3, 0.4) is 0 Å². The van der Waals surface area contributed by atoms with Gasteiger partial charge in [-0.3, -0.25) is 0 Å². The first kappa shape index (κ1) is 20.3. The number of ether oxygens (including phenoxy) is 1. The standard InChI is InChI=1S/C19H26BrN3O3/c1-5-21-18(22-11-14-10-15(20)7-8-16(14)25-4)23-12-19(3,24)17-9-6-13(2)26-17/h6-10,24H,5,11-12H2,1-4H3,(H2,21,22,23). The monoisotopic (exact) mass is 423 g/mol. The van der Waals surface area contributed by atoms with Crippen LogP contribution in [-0.2, 0) is 12.1 Å². The van der Waals surface area contributed by atoms with Crippen LogP contribution in [0.5, 0.6) is 5.75 Å². The Morgan fingerprint density at radius 2 is 2.08 bits per heavy atom. The van der Waals surface area contributed by atoms with Crippen molar-refractivity contribution in [3.63, 3.8) is 0 Å². The summed E-state index contributed by atoms with van der Waals surface area (Å²) in [6.45, 7) is 6.97. The van der Waals surface area contributed by atoms with Gasteiger partial charge in [-0.05, 0) is 51.1 Å². The number of methoxy groups -OCH3 is 1. The second-order valence-corrected chi connectivity index (χ2v) is 7.10. The van der Waals surface area contributed by atoms with Gasteiger partial charge in [0, 0.05) is 16.6 Å². The van der Waals surface area contributed by atoms with Gasteiger partial charge < -0.3 is 24.9 Å². The van der Waals surface area contributed by atoms with E-state index >= 15 is 0 Å². The molecule has 1 aromatic carbocycles. The van der Waals surface area contributed by atoms with Crippen LogP contribution in [-0.4, -0.2) is 31.3 Å². The molecule has 1 atom stereocenters. The fourth-order valence-electron chi connectivity index (χ4n) is 2.44. The number of aryl methyl sites for hydroxylation is 1. The fraction of sp³-hybridized carbons (Fsp3) is 0.421. The minimum atomic E-state index is -1.14. The zero-order valence-corrected chi connectivity index (χ0v) is 17.2. The molecule has 3 N–H and O–H groups in total. The van der Waals surface area contributed by atoms with E-state index in [-0.39, 0.29) is 6.54 Å². The Bertz CT molecular complexity index is 756. The molecule has 0 aliphatic carbocycles. The van der Waals surface area contributed by atoms with E-state index in [1.165, 1.54) is 0 Å². The summed E-state index contributed by atoms with van der Waals surface area (Å²) in [5.74, 6) is 2.68. The molecule has 0 spiro atoms. The molecule has 0 aliphatic heterocycles. The maximum absolute atomic E-state index is 10.7. The van der Waals surface area contributed by atoms with Crippen LogP contribution >= 0.6 is 15.9 Å². The second kappa shape index (κ2) is 9.09. The third-order valence-electron chi connectivity index (χ3n) is 3.87. The van der Waals surface area contributed by atoms with Crippen molar-refractivity contribution in [1.29, 1.82) is 0 Å². The Hall–Kier alpha value is -1.99. The van der Waals surface area contributed by atoms with Crippen LogP contribution in [0.1, 0.15) is 30.9 Å². The Morgan fingerprint density at radius 3 is 2.69 bits per heavy atom. The number of halogens is 1. The highest BCUT2D eigenvalue weighted by molar-refractivity contribution is 9.10. The summed E-state index contributed by atoms with van der Waals surface area (Å²) in [5.41, 5.74) is -0.176. The zero-order valence-electron chi connectivity index (χ0n) is 15.6. The van der Waals surface area contributed by atoms with Crippen LogP contribution in [0.4, 0.5) is 0 Å². The second-order valence-electron chi connectivity index (χ2n) is 6.19. The first-order chi connectivity index (χ1) is 12.4. The summed E-state index contributed by atoms with van der Waals surface area (Å²) in [5, 5.41) is 17.0. The molecule has 0 bridgehead atoms. The lowest BCUT2D eigenvalue weighted by molar-refractivity contribution is 0.0378. The predicted molar refractivity (Wildman–Crippen MR) is 107 cm³/mol. The highest BCUT2D eigenvalue weighted by Crippen LogP contribution is 2.24. The lowest BCUT2D eigenvalue weighted by Gasteiger charge is -2.23. The number of aliphatic imine (C=N–C) groups is 1. The highest BCUT2D eigenvalue weighted by Gasteiger charge is 2.27. The number of hydrogen-bond donors (Lipinski definition) is 3. The Kier molecular flexibility index (Phi) is 7.11. The molecule has 2 aromatic rings. The van der Waals surface area contributed by atoms with E-state index < -0.39 is 5.60 Å². The predicted octanol–water partition coefficient (Wildman–Crippen LogP) is 3.32. The minimum Gasteiger partial charge on any atom is -0.496 e. The molecule has 0 saturated carbocycles. The first-order valence-electron chi connectivity index (χ1n) is 8.49. The van der Waals surface area contributed by atoms with E-state index in [1.807, 2.05) is 38.1 Å². The van der Waals surface area contributed by atoms with Gasteiger partial charge >= 0.3 is 0 Å². The normalized spacial score (nSPS) is 14.0. The molecule has 0 fully saturated rings. The van der Waals surface area contributed by atoms with E-state index in [2.05, 4.69) is 31.6 Å². The summed E-state index contributed by atoms with van der Waals surface area (Å²) < 4.78 is 11.9. The molecule has 1 aromatic heterocycles. The van der Waals surface area contributed by atoms with Crippen molar-refractivity contribution >= 4 is 21.9 Å². The van der Waals surface area contributed by atoms with Gasteiger partial charge in [-0.2, -0.15) is 0 Å². The van der Waals surface area contributed by atoms with Crippen molar-refractivity contribution in [2.45, 2.75) is 32.9 Å². The Balaban J connectivity index is 2.08. The Labute approximate surface area is 162 Å². The number of rotatable bonds is 7. The van der Waals surface area contributed by atoms with Crippen LogP contribution in [0.15, 0.2) is 44.2 Å². The van der Waals surface area contributed by atoms with Gasteiger partial charge in [0.05, 0.1) is 20.2 Å². The van der Waals surface area contributed by atoms with Crippen molar-refractivity contribution in [3.8, 4) is 5.75 Å². The minimum absolute atomic E-state index is 0.265. The average molecular weight is 424 g/mol. The quantitative estimate of drug-likeness (QED) is 0.470. The topological polar surface area (TPSA) is 79.0 Å². The lowest BCUT2D eigenvalue weighted by Crippen LogP contribution is -2.44. The largest absolute Gasteiger partial charge is 0.496 e. The molecule has 1 heterocycles. The van der Waals surface area contributed by atoms with Gasteiger partial charge in [0.2, 0.25) is 0 Å². The average Bonchev–Trinajstić information content (AvgIpc) is 3.05. The summed E-state index contributed by atoms with van der Waals surface area (Å²) in [6, 6.07) is 9.43.